The van der Waals surface area contributed by atoms with Gasteiger partial charge in [-0.1, -0.05) is 23.2 Å². The minimum absolute atomic E-state index is 0.106. The number of nitrogens with zero attached hydrogens (tertiary/aromatic N) is 4. The smallest absolute Gasteiger partial charge is 0.405 e. The van der Waals surface area contributed by atoms with Gasteiger partial charge in [-0.05, 0) is 31.2 Å². The van der Waals surface area contributed by atoms with Gasteiger partial charge in [-0.3, -0.25) is 10.1 Å². The fraction of sp³-hybridized carbons (Fsp3) is 0.261. The van der Waals surface area contributed by atoms with E-state index in [-0.39, 0.29) is 24.7 Å². The van der Waals surface area contributed by atoms with Gasteiger partial charge < -0.3 is 14.4 Å². The number of aromatic amines is 1. The summed E-state index contributed by atoms with van der Waals surface area (Å²) in [7, 11) is 0. The summed E-state index contributed by atoms with van der Waals surface area (Å²) in [4.78, 5) is 9.41. The summed E-state index contributed by atoms with van der Waals surface area (Å²) < 4.78 is 50.8. The molecule has 7 nitrogen and oxygen atoms in total. The third-order valence-corrected chi connectivity index (χ3v) is 6.16. The predicted octanol–water partition coefficient (Wildman–Crippen LogP) is 6.23. The van der Waals surface area contributed by atoms with Crippen LogP contribution in [0.4, 0.5) is 18.9 Å². The lowest BCUT2D eigenvalue weighted by molar-refractivity contribution is -0.120. The standard InChI is InChI=1S/C23H18Cl2F3N5O2/c1-12(20-16(24)9-29-10-17(20)25)35-14-2-3-18-15(7-14)21(32-31-18)13-6-19-22(30-8-13)34-5-4-33(19)11-23(26,27)28/h2-3,6-10,12H,4-5,11H2,1H3,(H,31,32)/t12-/m1/s1. The van der Waals surface area contributed by atoms with Crippen LogP contribution in [0, 0.1) is 0 Å². The lowest BCUT2D eigenvalue weighted by atomic mass is 10.1. The zero-order chi connectivity index (χ0) is 24.7. The van der Waals surface area contributed by atoms with Gasteiger partial charge in [0.15, 0.2) is 0 Å². The molecule has 0 amide bonds. The number of benzene rings is 1. The molecule has 0 fully saturated rings. The quantitative estimate of drug-likeness (QED) is 0.334. The normalized spacial score (nSPS) is 14.5. The molecular formula is C23H18Cl2F3N5O2. The Bertz CT molecular complexity index is 1380. The summed E-state index contributed by atoms with van der Waals surface area (Å²) in [5, 5.41) is 8.80. The van der Waals surface area contributed by atoms with Crippen LogP contribution in [0.1, 0.15) is 18.6 Å². The second-order valence-corrected chi connectivity index (χ2v) is 8.80. The number of hydrogen-bond acceptors (Lipinski definition) is 6. The molecule has 4 heterocycles. The zero-order valence-corrected chi connectivity index (χ0v) is 19.7. The van der Waals surface area contributed by atoms with Crippen LogP contribution < -0.4 is 14.4 Å². The lowest BCUT2D eigenvalue weighted by Gasteiger charge is -2.31. The van der Waals surface area contributed by atoms with E-state index in [0.29, 0.717) is 38.0 Å². The number of nitrogens with one attached hydrogen (secondary N) is 1. The Balaban J connectivity index is 1.48. The summed E-state index contributed by atoms with van der Waals surface area (Å²) in [6.45, 7) is 0.960. The third-order valence-electron chi connectivity index (χ3n) is 5.56. The number of rotatable bonds is 5. The van der Waals surface area contributed by atoms with Crippen molar-refractivity contribution in [2.45, 2.75) is 19.2 Å². The molecule has 1 aliphatic heterocycles. The van der Waals surface area contributed by atoms with Crippen LogP contribution >= 0.6 is 23.2 Å². The van der Waals surface area contributed by atoms with E-state index in [0.717, 1.165) is 5.52 Å². The van der Waals surface area contributed by atoms with Gasteiger partial charge in [0, 0.05) is 35.1 Å². The molecule has 1 N–H and O–H groups in total. The fourth-order valence-electron chi connectivity index (χ4n) is 4.02. The molecule has 0 spiro atoms. The first kappa shape index (κ1) is 23.5. The minimum Gasteiger partial charge on any atom is -0.486 e. The van der Waals surface area contributed by atoms with Gasteiger partial charge in [-0.15, -0.1) is 0 Å². The average molecular weight is 524 g/mol. The molecule has 12 heteroatoms. The van der Waals surface area contributed by atoms with E-state index in [1.807, 2.05) is 6.92 Å². The molecule has 35 heavy (non-hydrogen) atoms. The number of alkyl halides is 3. The van der Waals surface area contributed by atoms with E-state index >= 15 is 0 Å². The van der Waals surface area contributed by atoms with Crippen molar-refractivity contribution in [3.63, 3.8) is 0 Å². The van der Waals surface area contributed by atoms with E-state index < -0.39 is 18.8 Å². The van der Waals surface area contributed by atoms with Crippen molar-refractivity contribution in [3.05, 3.63) is 58.5 Å². The van der Waals surface area contributed by atoms with E-state index in [1.165, 1.54) is 23.5 Å². The molecular weight excluding hydrogens is 506 g/mol. The van der Waals surface area contributed by atoms with Gasteiger partial charge in [0.1, 0.15) is 36.4 Å². The number of hydrogen-bond donors (Lipinski definition) is 1. The largest absolute Gasteiger partial charge is 0.486 e. The Hall–Kier alpha value is -3.24. The van der Waals surface area contributed by atoms with Crippen LogP contribution in [-0.4, -0.2) is 46.0 Å². The highest BCUT2D eigenvalue weighted by Crippen LogP contribution is 2.38. The Morgan fingerprint density at radius 3 is 2.69 bits per heavy atom. The molecule has 0 unspecified atom stereocenters. The highest BCUT2D eigenvalue weighted by atomic mass is 35.5. The third kappa shape index (κ3) is 4.81. The Morgan fingerprint density at radius 2 is 1.94 bits per heavy atom. The van der Waals surface area contributed by atoms with Crippen molar-refractivity contribution >= 4 is 39.8 Å². The van der Waals surface area contributed by atoms with Crippen molar-refractivity contribution in [1.29, 1.82) is 0 Å². The van der Waals surface area contributed by atoms with Gasteiger partial charge in [-0.25, -0.2) is 4.98 Å². The molecule has 1 aromatic carbocycles. The van der Waals surface area contributed by atoms with E-state index in [4.69, 9.17) is 32.7 Å². The zero-order valence-electron chi connectivity index (χ0n) is 18.2. The highest BCUT2D eigenvalue weighted by molar-refractivity contribution is 6.35. The van der Waals surface area contributed by atoms with Crippen LogP contribution in [-0.2, 0) is 0 Å². The average Bonchev–Trinajstić information content (AvgIpc) is 3.21. The molecule has 0 saturated heterocycles. The van der Waals surface area contributed by atoms with Crippen molar-refractivity contribution in [1.82, 2.24) is 20.2 Å². The molecule has 0 saturated carbocycles. The van der Waals surface area contributed by atoms with E-state index in [9.17, 15) is 13.2 Å². The molecule has 0 aliphatic carbocycles. The number of aromatic nitrogens is 4. The Kier molecular flexibility index (Phi) is 6.10. The van der Waals surface area contributed by atoms with Crippen LogP contribution in [0.2, 0.25) is 10.0 Å². The number of fused-ring (bicyclic) bond motifs is 2. The first-order valence-electron chi connectivity index (χ1n) is 10.6. The summed E-state index contributed by atoms with van der Waals surface area (Å²) in [5.41, 5.74) is 2.66. The first-order chi connectivity index (χ1) is 16.7. The second-order valence-electron chi connectivity index (χ2n) is 7.99. The molecule has 0 radical (unpaired) electrons. The molecule has 1 atom stereocenters. The Labute approximate surface area is 207 Å². The maximum atomic E-state index is 13.1. The predicted molar refractivity (Wildman–Crippen MR) is 126 cm³/mol. The molecule has 4 aromatic rings. The molecule has 182 valence electrons. The second kappa shape index (κ2) is 9.09. The molecule has 1 aliphatic rings. The number of halogens is 5. The van der Waals surface area contributed by atoms with Crippen LogP contribution in [0.3, 0.4) is 0 Å². The molecule has 0 bridgehead atoms. The van der Waals surface area contributed by atoms with Gasteiger partial charge in [0.05, 0.1) is 22.1 Å². The van der Waals surface area contributed by atoms with Crippen LogP contribution in [0.15, 0.2) is 42.9 Å². The maximum Gasteiger partial charge on any atom is 0.405 e. The maximum absolute atomic E-state index is 13.1. The number of ether oxygens (including phenoxy) is 2. The summed E-state index contributed by atoms with van der Waals surface area (Å²) in [6.07, 6.45) is -0.306. The fourth-order valence-corrected chi connectivity index (χ4v) is 4.69. The number of pyridine rings is 2. The highest BCUT2D eigenvalue weighted by Gasteiger charge is 2.34. The van der Waals surface area contributed by atoms with Crippen molar-refractivity contribution in [2.75, 3.05) is 24.6 Å². The Morgan fingerprint density at radius 1 is 1.17 bits per heavy atom. The van der Waals surface area contributed by atoms with Crippen LogP contribution in [0.5, 0.6) is 11.6 Å². The topological polar surface area (TPSA) is 76.2 Å². The lowest BCUT2D eigenvalue weighted by Crippen LogP contribution is -2.40. The van der Waals surface area contributed by atoms with Crippen molar-refractivity contribution in [3.8, 4) is 22.9 Å². The van der Waals surface area contributed by atoms with Gasteiger partial charge in [0.25, 0.3) is 0 Å². The first-order valence-corrected chi connectivity index (χ1v) is 11.3. The van der Waals surface area contributed by atoms with Crippen molar-refractivity contribution < 1.29 is 22.6 Å². The minimum atomic E-state index is -4.35. The molecule has 3 aromatic heterocycles. The van der Waals surface area contributed by atoms with Crippen molar-refractivity contribution in [2.24, 2.45) is 0 Å². The van der Waals surface area contributed by atoms with Gasteiger partial charge in [0.2, 0.25) is 5.88 Å². The SMILES string of the molecule is C[C@@H](Oc1ccc2[nH]nc(-c3cnc4c(c3)N(CC(F)(F)F)CCO4)c2c1)c1c(Cl)cncc1Cl. The number of H-pyrrole nitrogens is 1. The monoisotopic (exact) mass is 523 g/mol. The summed E-state index contributed by atoms with van der Waals surface area (Å²) in [5.74, 6) is 0.692. The number of anilines is 1. The van der Waals surface area contributed by atoms with Gasteiger partial charge >= 0.3 is 6.18 Å². The van der Waals surface area contributed by atoms with Gasteiger partial charge in [-0.2, -0.15) is 18.3 Å². The summed E-state index contributed by atoms with van der Waals surface area (Å²) in [6, 6.07) is 6.97. The van der Waals surface area contributed by atoms with Crippen LogP contribution in [0.25, 0.3) is 22.2 Å². The summed E-state index contributed by atoms with van der Waals surface area (Å²) >= 11 is 12.5. The van der Waals surface area contributed by atoms with E-state index in [1.54, 1.807) is 24.3 Å². The van der Waals surface area contributed by atoms with E-state index in [2.05, 4.69) is 20.2 Å². The molecule has 5 rings (SSSR count).